The third kappa shape index (κ3) is 2.07. The number of amides is 3. The predicted octanol–water partition coefficient (Wildman–Crippen LogP) is 0.408. The Morgan fingerprint density at radius 1 is 1.30 bits per heavy atom. The molecule has 0 bridgehead atoms. The number of urea groups is 1. The molecule has 2 heterocycles. The van der Waals surface area contributed by atoms with Crippen LogP contribution in [0.2, 0.25) is 0 Å². The quantitative estimate of drug-likeness (QED) is 0.803. The number of fused-ring (bicyclic) bond motifs is 1. The summed E-state index contributed by atoms with van der Waals surface area (Å²) in [5, 5.41) is 11.5. The molecule has 20 heavy (non-hydrogen) atoms. The fraction of sp³-hybridized carbons (Fsp3) is 0.357. The molecule has 0 spiro atoms. The number of hydrogen-bond acceptors (Lipinski definition) is 3. The molecule has 1 N–H and O–H groups in total. The molecule has 2 aliphatic rings. The number of piperazine rings is 1. The van der Waals surface area contributed by atoms with Crippen LogP contribution in [0, 0.1) is 11.3 Å². The van der Waals surface area contributed by atoms with Crippen LogP contribution < -0.4 is 5.32 Å². The number of nitrogens with one attached hydrogen (secondary N) is 1. The Morgan fingerprint density at radius 3 is 2.75 bits per heavy atom. The summed E-state index contributed by atoms with van der Waals surface area (Å²) in [5.74, 6) is -0.0477. The highest BCUT2D eigenvalue weighted by Crippen LogP contribution is 2.16. The van der Waals surface area contributed by atoms with E-state index < -0.39 is 0 Å². The first-order chi connectivity index (χ1) is 9.69. The molecule has 102 valence electrons. The van der Waals surface area contributed by atoms with Gasteiger partial charge in [-0.25, -0.2) is 4.79 Å². The molecule has 3 amide bonds. The molecule has 3 rings (SSSR count). The number of carbonyl (C=O) groups excluding carboxylic acids is 2. The first kappa shape index (κ1) is 12.5. The number of nitrogens with zero attached hydrogens (tertiary/aromatic N) is 3. The minimum atomic E-state index is -0.0477. The zero-order valence-electron chi connectivity index (χ0n) is 10.9. The van der Waals surface area contributed by atoms with E-state index in [1.165, 1.54) is 0 Å². The summed E-state index contributed by atoms with van der Waals surface area (Å²) in [4.78, 5) is 27.4. The molecule has 1 aromatic rings. The molecule has 2 aliphatic heterocycles. The van der Waals surface area contributed by atoms with Crippen molar-refractivity contribution in [1.29, 1.82) is 5.26 Å². The highest BCUT2D eigenvalue weighted by molar-refractivity contribution is 5.94. The van der Waals surface area contributed by atoms with Crippen LogP contribution in [0.25, 0.3) is 0 Å². The Balaban J connectivity index is 1.72. The summed E-state index contributed by atoms with van der Waals surface area (Å²) in [6, 6.07) is 8.69. The lowest BCUT2D eigenvalue weighted by molar-refractivity contribution is 0.0617. The van der Waals surface area contributed by atoms with E-state index in [9.17, 15) is 9.59 Å². The molecular weight excluding hydrogens is 256 g/mol. The van der Waals surface area contributed by atoms with Crippen LogP contribution in [0.1, 0.15) is 15.9 Å². The summed E-state index contributed by atoms with van der Waals surface area (Å²) in [6.45, 7) is 2.26. The van der Waals surface area contributed by atoms with Gasteiger partial charge in [0.25, 0.3) is 5.91 Å². The maximum absolute atomic E-state index is 12.4. The number of hydrogen-bond donors (Lipinski definition) is 1. The van der Waals surface area contributed by atoms with Crippen molar-refractivity contribution in [2.45, 2.75) is 6.04 Å². The number of carbonyl (C=O) groups is 2. The summed E-state index contributed by atoms with van der Waals surface area (Å²) in [6.07, 6.45) is 0. The van der Waals surface area contributed by atoms with Gasteiger partial charge in [0.05, 0.1) is 17.7 Å². The molecule has 1 atom stereocenters. The molecular formula is C14H14N4O2. The minimum absolute atomic E-state index is 0.0412. The smallest absolute Gasteiger partial charge is 0.317 e. The monoisotopic (exact) mass is 270 g/mol. The van der Waals surface area contributed by atoms with Crippen LogP contribution in [0.15, 0.2) is 24.3 Å². The van der Waals surface area contributed by atoms with Crippen molar-refractivity contribution in [1.82, 2.24) is 15.1 Å². The summed E-state index contributed by atoms with van der Waals surface area (Å²) < 4.78 is 0. The molecule has 1 aromatic carbocycles. The maximum Gasteiger partial charge on any atom is 0.317 e. The summed E-state index contributed by atoms with van der Waals surface area (Å²) in [7, 11) is 0. The Morgan fingerprint density at radius 2 is 2.05 bits per heavy atom. The number of nitriles is 1. The van der Waals surface area contributed by atoms with Gasteiger partial charge in [0.2, 0.25) is 0 Å². The van der Waals surface area contributed by atoms with Gasteiger partial charge in [0.1, 0.15) is 0 Å². The Hall–Kier alpha value is -2.55. The first-order valence-corrected chi connectivity index (χ1v) is 6.53. The van der Waals surface area contributed by atoms with Crippen LogP contribution in [0.5, 0.6) is 0 Å². The second kappa shape index (κ2) is 4.85. The van der Waals surface area contributed by atoms with Crippen LogP contribution in [0.4, 0.5) is 4.79 Å². The predicted molar refractivity (Wildman–Crippen MR) is 71.0 cm³/mol. The molecule has 1 unspecified atom stereocenters. The van der Waals surface area contributed by atoms with Crippen LogP contribution >= 0.6 is 0 Å². The second-order valence-corrected chi connectivity index (χ2v) is 4.97. The van der Waals surface area contributed by atoms with Gasteiger partial charge in [-0.2, -0.15) is 5.26 Å². The van der Waals surface area contributed by atoms with Crippen molar-refractivity contribution < 1.29 is 9.59 Å². The lowest BCUT2D eigenvalue weighted by atomic mass is 10.1. The van der Waals surface area contributed by atoms with Gasteiger partial charge in [-0.3, -0.25) is 4.79 Å². The van der Waals surface area contributed by atoms with Crippen molar-refractivity contribution in [3.63, 3.8) is 0 Å². The maximum atomic E-state index is 12.4. The van der Waals surface area contributed by atoms with Gasteiger partial charge < -0.3 is 15.1 Å². The van der Waals surface area contributed by atoms with E-state index in [1.54, 1.807) is 34.1 Å². The van der Waals surface area contributed by atoms with Crippen molar-refractivity contribution in [3.05, 3.63) is 35.4 Å². The topological polar surface area (TPSA) is 76.4 Å². The number of rotatable bonds is 1. The van der Waals surface area contributed by atoms with Crippen LogP contribution in [-0.4, -0.2) is 54.0 Å². The summed E-state index contributed by atoms with van der Waals surface area (Å²) >= 11 is 0. The minimum Gasteiger partial charge on any atom is -0.336 e. The van der Waals surface area contributed by atoms with Crippen molar-refractivity contribution >= 4 is 11.9 Å². The molecule has 6 heteroatoms. The first-order valence-electron chi connectivity index (χ1n) is 6.53. The largest absolute Gasteiger partial charge is 0.336 e. The lowest BCUT2D eigenvalue weighted by Gasteiger charge is -2.36. The van der Waals surface area contributed by atoms with Crippen molar-refractivity contribution in [2.24, 2.45) is 0 Å². The van der Waals surface area contributed by atoms with E-state index >= 15 is 0 Å². The average molecular weight is 270 g/mol. The van der Waals surface area contributed by atoms with Gasteiger partial charge in [-0.1, -0.05) is 0 Å². The van der Waals surface area contributed by atoms with Crippen LogP contribution in [-0.2, 0) is 0 Å². The fourth-order valence-electron chi connectivity index (χ4n) is 2.66. The highest BCUT2D eigenvalue weighted by atomic mass is 16.2. The zero-order chi connectivity index (χ0) is 14.1. The van der Waals surface area contributed by atoms with Gasteiger partial charge >= 0.3 is 6.03 Å². The van der Waals surface area contributed by atoms with Gasteiger partial charge in [0.15, 0.2) is 0 Å². The third-order valence-corrected chi connectivity index (χ3v) is 3.78. The fourth-order valence-corrected chi connectivity index (χ4v) is 2.66. The molecule has 6 nitrogen and oxygen atoms in total. The standard InChI is InChI=1S/C14H14N4O2/c15-7-10-1-3-11(4-2-10)13(19)17-5-6-18-12(9-17)8-16-14(18)20/h1-4,12H,5-6,8-9H2,(H,16,20). The molecule has 0 aliphatic carbocycles. The van der Waals surface area contributed by atoms with Gasteiger partial charge in [0, 0.05) is 31.7 Å². The van der Waals surface area contributed by atoms with E-state index in [-0.39, 0.29) is 18.0 Å². The molecule has 2 fully saturated rings. The SMILES string of the molecule is N#Cc1ccc(C(=O)N2CCN3C(=O)NCC3C2)cc1. The average Bonchev–Trinajstić information content (AvgIpc) is 2.87. The van der Waals surface area contributed by atoms with E-state index in [0.29, 0.717) is 37.3 Å². The molecule has 0 saturated carbocycles. The normalized spacial score (nSPS) is 21.1. The second-order valence-electron chi connectivity index (χ2n) is 4.97. The molecule has 0 radical (unpaired) electrons. The Kier molecular flexibility index (Phi) is 3.03. The Labute approximate surface area is 116 Å². The summed E-state index contributed by atoms with van der Waals surface area (Å²) in [5.41, 5.74) is 1.12. The van der Waals surface area contributed by atoms with Gasteiger partial charge in [-0.15, -0.1) is 0 Å². The highest BCUT2D eigenvalue weighted by Gasteiger charge is 2.36. The van der Waals surface area contributed by atoms with E-state index in [2.05, 4.69) is 5.32 Å². The van der Waals surface area contributed by atoms with Gasteiger partial charge in [-0.05, 0) is 24.3 Å². The van der Waals surface area contributed by atoms with Crippen molar-refractivity contribution in [2.75, 3.05) is 26.2 Å². The number of benzene rings is 1. The third-order valence-electron chi connectivity index (χ3n) is 3.78. The molecule has 2 saturated heterocycles. The zero-order valence-corrected chi connectivity index (χ0v) is 10.9. The van der Waals surface area contributed by atoms with E-state index in [1.807, 2.05) is 6.07 Å². The van der Waals surface area contributed by atoms with E-state index in [0.717, 1.165) is 0 Å². The van der Waals surface area contributed by atoms with E-state index in [4.69, 9.17) is 5.26 Å². The molecule has 0 aromatic heterocycles. The Bertz CT molecular complexity index is 590. The van der Waals surface area contributed by atoms with Crippen molar-refractivity contribution in [3.8, 4) is 6.07 Å². The lowest BCUT2D eigenvalue weighted by Crippen LogP contribution is -2.53. The van der Waals surface area contributed by atoms with Crippen LogP contribution in [0.3, 0.4) is 0 Å².